The molecule has 2 aliphatic heterocycles. The largest absolute Gasteiger partial charge is 0.379 e. The van der Waals surface area contributed by atoms with Gasteiger partial charge in [-0.2, -0.15) is 0 Å². The van der Waals surface area contributed by atoms with Crippen molar-refractivity contribution in [1.82, 2.24) is 20.9 Å². The fraction of sp³-hybridized carbons (Fsp3) is 0.600. The fourth-order valence-corrected chi connectivity index (χ4v) is 5.12. The van der Waals surface area contributed by atoms with E-state index in [0.717, 1.165) is 30.4 Å². The smallest absolute Gasteiger partial charge is 0.243 e. The summed E-state index contributed by atoms with van der Waals surface area (Å²) in [5.41, 5.74) is 1.31. The molecule has 3 aliphatic rings. The van der Waals surface area contributed by atoms with Crippen molar-refractivity contribution in [3.8, 4) is 0 Å². The average molecular weight is 555 g/mol. The molecular formula is C30H42N4O6. The lowest BCUT2D eigenvalue weighted by molar-refractivity contribution is -0.134. The predicted octanol–water partition coefficient (Wildman–Crippen LogP) is 1.28. The normalized spacial score (nSPS) is 22.9. The zero-order valence-electron chi connectivity index (χ0n) is 23.6. The molecule has 0 bridgehead atoms. The molecule has 40 heavy (non-hydrogen) atoms. The summed E-state index contributed by atoms with van der Waals surface area (Å²) < 4.78 is 10.7. The molecule has 0 spiro atoms. The Labute approximate surface area is 236 Å². The van der Waals surface area contributed by atoms with Crippen molar-refractivity contribution in [2.75, 3.05) is 39.5 Å². The molecule has 4 atom stereocenters. The average Bonchev–Trinajstić information content (AvgIpc) is 3.49. The highest BCUT2D eigenvalue weighted by Crippen LogP contribution is 2.31. The molecule has 0 aromatic heterocycles. The summed E-state index contributed by atoms with van der Waals surface area (Å²) in [6.07, 6.45) is 6.41. The van der Waals surface area contributed by atoms with Gasteiger partial charge in [0.25, 0.3) is 0 Å². The molecule has 218 valence electrons. The van der Waals surface area contributed by atoms with Gasteiger partial charge in [-0.15, -0.1) is 0 Å². The zero-order chi connectivity index (χ0) is 28.5. The van der Waals surface area contributed by atoms with E-state index in [0.29, 0.717) is 52.2 Å². The Hall–Kier alpha value is -3.08. The topological polar surface area (TPSA) is 129 Å². The van der Waals surface area contributed by atoms with Crippen molar-refractivity contribution in [2.24, 2.45) is 0 Å². The first-order valence-electron chi connectivity index (χ1n) is 14.3. The molecule has 2 saturated heterocycles. The van der Waals surface area contributed by atoms with Gasteiger partial charge in [0.1, 0.15) is 17.7 Å². The third-order valence-corrected chi connectivity index (χ3v) is 7.77. The Kier molecular flexibility index (Phi) is 10.5. The molecular weight excluding hydrogens is 512 g/mol. The molecule has 2 heterocycles. The first kappa shape index (κ1) is 29.9. The lowest BCUT2D eigenvalue weighted by Crippen LogP contribution is -2.56. The SMILES string of the molecule is C[C@@H](NC(=O)CN1CCOCC1)C(=O)N[C@@H](CCc1ccccc1)C(=O)N[C@@H](CC1=CCCC1)C(=O)[C@@]1(C)CO1. The summed E-state index contributed by atoms with van der Waals surface area (Å²) in [7, 11) is 0. The highest BCUT2D eigenvalue weighted by Gasteiger charge is 2.50. The maximum atomic E-state index is 13.6. The number of epoxide rings is 1. The Morgan fingerprint density at radius 1 is 1.00 bits per heavy atom. The van der Waals surface area contributed by atoms with Crippen LogP contribution >= 0.6 is 0 Å². The van der Waals surface area contributed by atoms with Crippen molar-refractivity contribution in [3.63, 3.8) is 0 Å². The maximum absolute atomic E-state index is 13.6. The van der Waals surface area contributed by atoms with E-state index in [1.807, 2.05) is 35.2 Å². The summed E-state index contributed by atoms with van der Waals surface area (Å²) in [6.45, 7) is 6.34. The first-order valence-corrected chi connectivity index (χ1v) is 14.3. The fourth-order valence-electron chi connectivity index (χ4n) is 5.12. The van der Waals surface area contributed by atoms with E-state index < -0.39 is 35.5 Å². The molecule has 0 unspecified atom stereocenters. The molecule has 10 nitrogen and oxygen atoms in total. The van der Waals surface area contributed by atoms with Gasteiger partial charge < -0.3 is 25.4 Å². The highest BCUT2D eigenvalue weighted by molar-refractivity contribution is 5.98. The number of nitrogens with one attached hydrogen (secondary N) is 3. The molecule has 1 aromatic carbocycles. The van der Waals surface area contributed by atoms with Gasteiger partial charge in [-0.05, 0) is 57.9 Å². The summed E-state index contributed by atoms with van der Waals surface area (Å²) in [5, 5.41) is 8.50. The third-order valence-electron chi connectivity index (χ3n) is 7.77. The zero-order valence-corrected chi connectivity index (χ0v) is 23.6. The van der Waals surface area contributed by atoms with Crippen LogP contribution in [0.1, 0.15) is 51.5 Å². The second-order valence-electron chi connectivity index (χ2n) is 11.2. The minimum absolute atomic E-state index is 0.148. The van der Waals surface area contributed by atoms with Crippen molar-refractivity contribution in [1.29, 1.82) is 0 Å². The van der Waals surface area contributed by atoms with Crippen LogP contribution in [0.2, 0.25) is 0 Å². The number of ether oxygens (including phenoxy) is 2. The minimum atomic E-state index is -0.882. The van der Waals surface area contributed by atoms with E-state index in [9.17, 15) is 19.2 Å². The number of amides is 3. The monoisotopic (exact) mass is 554 g/mol. The van der Waals surface area contributed by atoms with E-state index in [2.05, 4.69) is 22.0 Å². The number of aryl methyl sites for hydroxylation is 1. The number of Topliss-reactive ketones (excluding diaryl/α,β-unsaturated/α-hetero) is 1. The van der Waals surface area contributed by atoms with Gasteiger partial charge in [-0.3, -0.25) is 24.1 Å². The highest BCUT2D eigenvalue weighted by atomic mass is 16.6. The first-order chi connectivity index (χ1) is 19.2. The Bertz CT molecular complexity index is 1080. The molecule has 1 aromatic rings. The number of ketones is 1. The van der Waals surface area contributed by atoms with E-state index in [1.165, 1.54) is 0 Å². The number of hydrogen-bond donors (Lipinski definition) is 3. The van der Waals surface area contributed by atoms with Gasteiger partial charge in [0.05, 0.1) is 32.4 Å². The molecule has 3 amide bonds. The van der Waals surface area contributed by atoms with Crippen molar-refractivity contribution in [2.45, 2.75) is 76.1 Å². The number of benzene rings is 1. The quantitative estimate of drug-likeness (QED) is 0.233. The van der Waals surface area contributed by atoms with Crippen LogP contribution in [0, 0.1) is 0 Å². The Balaban J connectivity index is 1.40. The summed E-state index contributed by atoms with van der Waals surface area (Å²) in [4.78, 5) is 54.5. The van der Waals surface area contributed by atoms with Crippen molar-refractivity contribution in [3.05, 3.63) is 47.5 Å². The lowest BCUT2D eigenvalue weighted by atomic mass is 9.94. The maximum Gasteiger partial charge on any atom is 0.243 e. The van der Waals surface area contributed by atoms with Crippen LogP contribution in [-0.4, -0.2) is 91.6 Å². The van der Waals surface area contributed by atoms with Gasteiger partial charge in [0.15, 0.2) is 5.78 Å². The van der Waals surface area contributed by atoms with Crippen LogP contribution in [0.15, 0.2) is 42.0 Å². The number of carbonyl (C=O) groups is 4. The van der Waals surface area contributed by atoms with E-state index >= 15 is 0 Å². The van der Waals surface area contributed by atoms with Crippen LogP contribution in [-0.2, 0) is 35.1 Å². The van der Waals surface area contributed by atoms with Gasteiger partial charge in [-0.25, -0.2) is 0 Å². The summed E-state index contributed by atoms with van der Waals surface area (Å²) in [5.74, 6) is -1.28. The molecule has 0 saturated carbocycles. The lowest BCUT2D eigenvalue weighted by Gasteiger charge is -2.27. The van der Waals surface area contributed by atoms with E-state index in [1.54, 1.807) is 13.8 Å². The number of morpholine rings is 1. The van der Waals surface area contributed by atoms with Gasteiger partial charge in [0, 0.05) is 13.1 Å². The molecule has 2 fully saturated rings. The molecule has 4 rings (SSSR count). The van der Waals surface area contributed by atoms with Crippen LogP contribution in [0.4, 0.5) is 0 Å². The van der Waals surface area contributed by atoms with Crippen LogP contribution < -0.4 is 16.0 Å². The van der Waals surface area contributed by atoms with Gasteiger partial charge in [0.2, 0.25) is 17.7 Å². The Morgan fingerprint density at radius 3 is 2.35 bits per heavy atom. The second-order valence-corrected chi connectivity index (χ2v) is 11.2. The van der Waals surface area contributed by atoms with Gasteiger partial charge >= 0.3 is 0 Å². The molecule has 1 aliphatic carbocycles. The van der Waals surface area contributed by atoms with Crippen LogP contribution in [0.25, 0.3) is 0 Å². The standard InChI is InChI=1S/C30H42N4O6/c1-21(31-26(35)19-34-14-16-39-17-15-34)28(37)32-24(13-12-22-8-4-3-5-9-22)29(38)33-25(18-23-10-6-7-11-23)27(36)30(2)20-40-30/h3-5,8-10,21,24-25H,6-7,11-20H2,1-2H3,(H,31,35)(H,32,37)(H,33,38)/t21-,24+,25+,30-/m1/s1. The van der Waals surface area contributed by atoms with Gasteiger partial charge in [-0.1, -0.05) is 42.0 Å². The van der Waals surface area contributed by atoms with Crippen molar-refractivity contribution < 1.29 is 28.7 Å². The number of carbonyl (C=O) groups excluding carboxylic acids is 4. The predicted molar refractivity (Wildman–Crippen MR) is 149 cm³/mol. The van der Waals surface area contributed by atoms with E-state index in [4.69, 9.17) is 9.47 Å². The van der Waals surface area contributed by atoms with Crippen molar-refractivity contribution >= 4 is 23.5 Å². The molecule has 0 radical (unpaired) electrons. The van der Waals surface area contributed by atoms with Crippen LogP contribution in [0.3, 0.4) is 0 Å². The molecule has 10 heteroatoms. The third kappa shape index (κ3) is 8.71. The van der Waals surface area contributed by atoms with E-state index in [-0.39, 0.29) is 18.2 Å². The second kappa shape index (κ2) is 14.0. The minimum Gasteiger partial charge on any atom is -0.379 e. The Morgan fingerprint density at radius 2 is 1.70 bits per heavy atom. The number of allylic oxidation sites excluding steroid dienone is 1. The molecule has 3 N–H and O–H groups in total. The number of nitrogens with zero attached hydrogens (tertiary/aromatic N) is 1. The summed E-state index contributed by atoms with van der Waals surface area (Å²) in [6, 6.07) is 7.26. The number of hydrogen-bond acceptors (Lipinski definition) is 7. The number of rotatable bonds is 14. The van der Waals surface area contributed by atoms with Crippen LogP contribution in [0.5, 0.6) is 0 Å². The summed E-state index contributed by atoms with van der Waals surface area (Å²) >= 11 is 0.